The second-order valence-electron chi connectivity index (χ2n) is 7.62. The highest BCUT2D eigenvalue weighted by molar-refractivity contribution is 5.96. The van der Waals surface area contributed by atoms with Crippen molar-refractivity contribution in [2.45, 2.75) is 70.6 Å². The number of phenols is 2. The van der Waals surface area contributed by atoms with Crippen LogP contribution >= 0.6 is 0 Å². The van der Waals surface area contributed by atoms with Crippen molar-refractivity contribution in [2.75, 3.05) is 0 Å². The number of hydrogen-bond acceptors (Lipinski definition) is 4. The largest absolute Gasteiger partial charge is 0.508 e. The van der Waals surface area contributed by atoms with Gasteiger partial charge >= 0.3 is 0 Å². The van der Waals surface area contributed by atoms with Crippen LogP contribution < -0.4 is 0 Å². The zero-order valence-electron chi connectivity index (χ0n) is 17.1. The Bertz CT molecular complexity index is 682. The second kappa shape index (κ2) is 12.8. The van der Waals surface area contributed by atoms with E-state index in [4.69, 9.17) is 0 Å². The summed E-state index contributed by atoms with van der Waals surface area (Å²) < 4.78 is 0. The second-order valence-corrected chi connectivity index (χ2v) is 7.62. The van der Waals surface area contributed by atoms with Gasteiger partial charge in [0.2, 0.25) is 0 Å². The molecule has 0 aliphatic rings. The van der Waals surface area contributed by atoms with Crippen molar-refractivity contribution in [1.29, 1.82) is 0 Å². The standard InChI is InChI=1S/C25H32O4/c26-22-16-12-20(13-17-22)24(28)10-8-6-4-2-1-3-5-7-9-11-25(29)21-14-18-23(27)19-15-21/h12-19,26-27H,1-11H2. The maximum absolute atomic E-state index is 12.0. The third-order valence-corrected chi connectivity index (χ3v) is 5.19. The Morgan fingerprint density at radius 1 is 0.483 bits per heavy atom. The summed E-state index contributed by atoms with van der Waals surface area (Å²) in [5.74, 6) is 0.662. The molecule has 4 nitrogen and oxygen atoms in total. The zero-order valence-corrected chi connectivity index (χ0v) is 17.1. The highest BCUT2D eigenvalue weighted by atomic mass is 16.3. The molecule has 0 heterocycles. The molecule has 0 bridgehead atoms. The topological polar surface area (TPSA) is 74.6 Å². The summed E-state index contributed by atoms with van der Waals surface area (Å²) in [5, 5.41) is 18.5. The Hall–Kier alpha value is -2.62. The van der Waals surface area contributed by atoms with Crippen LogP contribution in [-0.2, 0) is 0 Å². The number of phenolic OH excluding ortho intramolecular Hbond substituents is 2. The van der Waals surface area contributed by atoms with E-state index in [0.29, 0.717) is 24.0 Å². The highest BCUT2D eigenvalue weighted by Gasteiger charge is 2.06. The summed E-state index contributed by atoms with van der Waals surface area (Å²) in [6.45, 7) is 0. The van der Waals surface area contributed by atoms with Crippen LogP contribution in [0, 0.1) is 0 Å². The lowest BCUT2D eigenvalue weighted by Gasteiger charge is -2.04. The molecule has 0 aliphatic carbocycles. The van der Waals surface area contributed by atoms with E-state index in [1.165, 1.54) is 19.3 Å². The Kier molecular flexibility index (Phi) is 9.98. The van der Waals surface area contributed by atoms with Crippen molar-refractivity contribution in [1.82, 2.24) is 0 Å². The molecule has 0 unspecified atom stereocenters. The average molecular weight is 397 g/mol. The summed E-state index contributed by atoms with van der Waals surface area (Å²) in [7, 11) is 0. The number of hydrogen-bond donors (Lipinski definition) is 2. The lowest BCUT2D eigenvalue weighted by Crippen LogP contribution is -1.98. The van der Waals surface area contributed by atoms with E-state index in [1.54, 1.807) is 48.5 Å². The molecule has 0 aliphatic heterocycles. The van der Waals surface area contributed by atoms with E-state index < -0.39 is 0 Å². The van der Waals surface area contributed by atoms with E-state index in [-0.39, 0.29) is 23.1 Å². The number of Topliss-reactive ketones (excluding diaryl/α,β-unsaturated/α-hetero) is 2. The Morgan fingerprint density at radius 2 is 0.759 bits per heavy atom. The van der Waals surface area contributed by atoms with E-state index in [1.807, 2.05) is 0 Å². The Morgan fingerprint density at radius 3 is 1.07 bits per heavy atom. The van der Waals surface area contributed by atoms with Gasteiger partial charge in [-0.3, -0.25) is 9.59 Å². The molecule has 2 aromatic carbocycles. The van der Waals surface area contributed by atoms with Crippen molar-refractivity contribution < 1.29 is 19.8 Å². The molecule has 0 saturated heterocycles. The highest BCUT2D eigenvalue weighted by Crippen LogP contribution is 2.16. The van der Waals surface area contributed by atoms with Gasteiger partial charge in [0.25, 0.3) is 0 Å². The van der Waals surface area contributed by atoms with Gasteiger partial charge in [-0.2, -0.15) is 0 Å². The molecular formula is C25H32O4. The molecule has 0 spiro atoms. The van der Waals surface area contributed by atoms with Gasteiger partial charge in [-0.1, -0.05) is 44.9 Å². The molecule has 0 fully saturated rings. The third kappa shape index (κ3) is 8.95. The monoisotopic (exact) mass is 396 g/mol. The van der Waals surface area contributed by atoms with Crippen LogP contribution in [0.3, 0.4) is 0 Å². The van der Waals surface area contributed by atoms with Crippen LogP contribution in [0.1, 0.15) is 91.3 Å². The van der Waals surface area contributed by atoms with Gasteiger partial charge in [0.05, 0.1) is 0 Å². The van der Waals surface area contributed by atoms with Crippen molar-refractivity contribution in [3.8, 4) is 11.5 Å². The maximum Gasteiger partial charge on any atom is 0.162 e. The minimum absolute atomic E-state index is 0.145. The number of carbonyl (C=O) groups is 2. The molecular weight excluding hydrogens is 364 g/mol. The third-order valence-electron chi connectivity index (χ3n) is 5.19. The normalized spacial score (nSPS) is 10.8. The summed E-state index contributed by atoms with van der Waals surface area (Å²) in [5.41, 5.74) is 1.35. The fourth-order valence-corrected chi connectivity index (χ4v) is 3.39. The molecule has 0 amide bonds. The number of unbranched alkanes of at least 4 members (excludes halogenated alkanes) is 8. The van der Waals surface area contributed by atoms with Gasteiger partial charge in [0, 0.05) is 24.0 Å². The van der Waals surface area contributed by atoms with Crippen LogP contribution in [0.5, 0.6) is 11.5 Å². The minimum atomic E-state index is 0.145. The molecule has 0 saturated carbocycles. The number of aromatic hydroxyl groups is 2. The van der Waals surface area contributed by atoms with Crippen molar-refractivity contribution >= 4 is 11.6 Å². The summed E-state index contributed by atoms with van der Waals surface area (Å²) in [6, 6.07) is 12.9. The SMILES string of the molecule is O=C(CCCCCCCCCCCC(=O)c1ccc(O)cc1)c1ccc(O)cc1. The van der Waals surface area contributed by atoms with E-state index >= 15 is 0 Å². The van der Waals surface area contributed by atoms with Gasteiger partial charge < -0.3 is 10.2 Å². The molecule has 2 rings (SSSR count). The van der Waals surface area contributed by atoms with E-state index in [0.717, 1.165) is 38.5 Å². The first-order chi connectivity index (χ1) is 14.1. The van der Waals surface area contributed by atoms with Crippen LogP contribution in [-0.4, -0.2) is 21.8 Å². The fraction of sp³-hybridized carbons (Fsp3) is 0.440. The van der Waals surface area contributed by atoms with Crippen LogP contribution in [0.15, 0.2) is 48.5 Å². The van der Waals surface area contributed by atoms with Gasteiger partial charge in [-0.15, -0.1) is 0 Å². The average Bonchev–Trinajstić information content (AvgIpc) is 2.72. The number of benzene rings is 2. The molecule has 2 aromatic rings. The van der Waals surface area contributed by atoms with Crippen LogP contribution in [0.25, 0.3) is 0 Å². The molecule has 0 atom stereocenters. The first-order valence-electron chi connectivity index (χ1n) is 10.7. The van der Waals surface area contributed by atoms with Crippen LogP contribution in [0.2, 0.25) is 0 Å². The van der Waals surface area contributed by atoms with Gasteiger partial charge in [0.1, 0.15) is 11.5 Å². The van der Waals surface area contributed by atoms with Crippen molar-refractivity contribution in [3.63, 3.8) is 0 Å². The number of rotatable bonds is 14. The molecule has 29 heavy (non-hydrogen) atoms. The summed E-state index contributed by atoms with van der Waals surface area (Å²) >= 11 is 0. The number of carbonyl (C=O) groups excluding carboxylic acids is 2. The molecule has 4 heteroatoms. The Labute approximate surface area is 173 Å². The maximum atomic E-state index is 12.0. The number of ketones is 2. The molecule has 0 radical (unpaired) electrons. The van der Waals surface area contributed by atoms with Gasteiger partial charge in [-0.05, 0) is 61.4 Å². The summed E-state index contributed by atoms with van der Waals surface area (Å²) in [4.78, 5) is 24.1. The quantitative estimate of drug-likeness (QED) is 0.284. The fourth-order valence-electron chi connectivity index (χ4n) is 3.39. The van der Waals surface area contributed by atoms with E-state index in [9.17, 15) is 19.8 Å². The predicted octanol–water partition coefficient (Wildman–Crippen LogP) is 6.45. The molecule has 156 valence electrons. The lowest BCUT2D eigenvalue weighted by atomic mass is 10.0. The zero-order chi connectivity index (χ0) is 20.9. The molecule has 0 aromatic heterocycles. The van der Waals surface area contributed by atoms with Crippen molar-refractivity contribution in [2.24, 2.45) is 0 Å². The van der Waals surface area contributed by atoms with Gasteiger partial charge in [-0.25, -0.2) is 0 Å². The Balaban J connectivity index is 1.41. The first kappa shape index (κ1) is 22.7. The predicted molar refractivity (Wildman–Crippen MR) is 116 cm³/mol. The van der Waals surface area contributed by atoms with Gasteiger partial charge in [0.15, 0.2) is 11.6 Å². The van der Waals surface area contributed by atoms with Crippen LogP contribution in [0.4, 0.5) is 0 Å². The molecule has 2 N–H and O–H groups in total. The smallest absolute Gasteiger partial charge is 0.162 e. The minimum Gasteiger partial charge on any atom is -0.508 e. The summed E-state index contributed by atoms with van der Waals surface area (Å²) in [6.07, 6.45) is 11.0. The first-order valence-corrected chi connectivity index (χ1v) is 10.7. The van der Waals surface area contributed by atoms with E-state index in [2.05, 4.69) is 0 Å². The lowest BCUT2D eigenvalue weighted by molar-refractivity contribution is 0.0971. The van der Waals surface area contributed by atoms with Crippen molar-refractivity contribution in [3.05, 3.63) is 59.7 Å².